The molecule has 6 aromatic carbocycles. The normalized spacial score (nSPS) is 19.0. The van der Waals surface area contributed by atoms with E-state index in [1.165, 1.54) is 19.6 Å². The predicted octanol–water partition coefficient (Wildman–Crippen LogP) is 14.8. The summed E-state index contributed by atoms with van der Waals surface area (Å²) in [5.74, 6) is 3.67. The van der Waals surface area contributed by atoms with Gasteiger partial charge >= 0.3 is 0 Å². The minimum absolute atomic E-state index is 0.169. The van der Waals surface area contributed by atoms with Crippen LogP contribution in [0.2, 0.25) is 39.3 Å². The molecule has 0 saturated carbocycles. The summed E-state index contributed by atoms with van der Waals surface area (Å²) in [4.78, 5) is 2.38. The summed E-state index contributed by atoms with van der Waals surface area (Å²) in [6.45, 7) is 29.0. The molecule has 13 nitrogen and oxygen atoms in total. The fourth-order valence-electron chi connectivity index (χ4n) is 8.86. The molecule has 4 atom stereocenters. The monoisotopic (exact) mass is 1300 g/mol. The highest BCUT2D eigenvalue weighted by Gasteiger charge is 2.20. The van der Waals surface area contributed by atoms with Crippen LogP contribution in [0.5, 0.6) is 11.5 Å². The number of nitrogens with zero attached hydrogens (tertiary/aromatic N) is 1. The van der Waals surface area contributed by atoms with Gasteiger partial charge in [-0.1, -0.05) is 203 Å². The number of fused-ring (bicyclic) bond motifs is 4. The lowest BCUT2D eigenvalue weighted by atomic mass is 10.0. The first kappa shape index (κ1) is 73.3. The number of benzene rings is 6. The van der Waals surface area contributed by atoms with Crippen LogP contribution in [0.1, 0.15) is 95.3 Å². The summed E-state index contributed by atoms with van der Waals surface area (Å²) in [5, 5.41) is 22.1. The van der Waals surface area contributed by atoms with E-state index in [9.17, 15) is 10.2 Å². The van der Waals surface area contributed by atoms with Crippen molar-refractivity contribution < 1.29 is 57.6 Å². The second kappa shape index (κ2) is 41.0. The quantitative estimate of drug-likeness (QED) is 0.116. The Morgan fingerprint density at radius 3 is 0.943 bits per heavy atom. The van der Waals surface area contributed by atoms with E-state index in [1.54, 1.807) is 0 Å². The van der Waals surface area contributed by atoms with E-state index in [0.29, 0.717) is 102 Å². The largest absolute Gasteiger partial charge is 0.507 e. The molecule has 2 N–H and O–H groups in total. The molecule has 0 fully saturated rings. The minimum atomic E-state index is -1.59. The van der Waals surface area contributed by atoms with Gasteiger partial charge < -0.3 is 62.5 Å². The Morgan fingerprint density at radius 2 is 0.705 bits per heavy atom. The molecule has 476 valence electrons. The zero-order valence-electron chi connectivity index (χ0n) is 53.5. The third-order valence-electron chi connectivity index (χ3n) is 13.8. The van der Waals surface area contributed by atoms with E-state index in [-0.39, 0.29) is 62.3 Å². The molecule has 0 spiro atoms. The molecule has 0 unspecified atom stereocenters. The van der Waals surface area contributed by atoms with Crippen LogP contribution in [0, 0.1) is 23.4 Å². The van der Waals surface area contributed by atoms with Gasteiger partial charge in [0, 0.05) is 32.3 Å². The maximum absolute atomic E-state index is 11.2. The molecule has 0 aromatic heterocycles. The van der Waals surface area contributed by atoms with Crippen LogP contribution >= 0.6 is 15.9 Å². The van der Waals surface area contributed by atoms with Crippen molar-refractivity contribution in [3.8, 4) is 34.9 Å². The molecule has 6 aromatic rings. The second-order valence-electron chi connectivity index (χ2n) is 23.1. The standard InChI is InChI=1S/C33H40O6Si.C28H31BrO6.C6H15N.C5H10Si/c1-40(2,3)19-14-26-20-29-22-36-24-31(27-10-6-4-7-11-27)38-17-15-35-16-18-39-32(28-12-8-5-9-13-28)25-37-23-30(21-26)33(29)34;29-25-15-23-17-32-19-26(21-7-3-1-4-8-21)34-13-11-31-12-14-35-27(22-9-5-2-6-10-22)20-33-18-24(16-25)28(23)30;1-4-7(5-2)6-3;1-5-6(2,3)4/h4-13,20-21,31-32,34H,15-18,22-25H2,1-3H3;1-10,15-16,26-27,30H,11-14,17-20H2;4-6H2,1-3H3;1H,2-4H3/t31-,32-;26-,27-;;/m11../s1. The van der Waals surface area contributed by atoms with Crippen molar-refractivity contribution in [1.29, 1.82) is 0 Å². The fourth-order valence-corrected chi connectivity index (χ4v) is 9.93. The third kappa shape index (κ3) is 28.6. The number of hydrogen-bond acceptors (Lipinski definition) is 13. The Hall–Kier alpha value is -5.49. The topological polar surface area (TPSA) is 136 Å². The Kier molecular flexibility index (Phi) is 34.1. The summed E-state index contributed by atoms with van der Waals surface area (Å²) in [6.07, 6.45) is 4.11. The molecule has 0 amide bonds. The first-order valence-electron chi connectivity index (χ1n) is 30.7. The van der Waals surface area contributed by atoms with Gasteiger partial charge in [-0.3, -0.25) is 0 Å². The maximum Gasteiger partial charge on any atom is 0.129 e. The number of phenolic OH excluding ortho intramolecular Hbond substituents is 2. The zero-order chi connectivity index (χ0) is 63.4. The number of aromatic hydroxyl groups is 2. The SMILES string of the molecule is C#C[Si](C)(C)C.CCN(CC)CC.C[Si](C)(C)C#Cc1cc2c(O)c(c1)COC[C@H](c1ccccc1)OCCOCCO[C@@H](c1ccccc1)COC2.Oc1c2cc(Br)cc1COC[C@H](c1ccccc1)OCCOCCO[C@@H](c1ccccc1)COC2. The predicted molar refractivity (Wildman–Crippen MR) is 361 cm³/mol. The number of halogens is 1. The van der Waals surface area contributed by atoms with E-state index in [1.807, 2.05) is 146 Å². The number of hydrogen-bond donors (Lipinski definition) is 2. The first-order valence-corrected chi connectivity index (χ1v) is 38.5. The van der Waals surface area contributed by atoms with Crippen LogP contribution < -0.4 is 0 Å². The van der Waals surface area contributed by atoms with E-state index in [2.05, 4.69) is 97.9 Å². The fraction of sp³-hybridized carbons (Fsp3) is 0.444. The highest BCUT2D eigenvalue weighted by Crippen LogP contribution is 2.32. The van der Waals surface area contributed by atoms with Gasteiger partial charge in [-0.25, -0.2) is 0 Å². The van der Waals surface area contributed by atoms with Crippen molar-refractivity contribution in [2.24, 2.45) is 0 Å². The van der Waals surface area contributed by atoms with Gasteiger partial charge in [-0.05, 0) is 66.2 Å². The molecular weight excluding hydrogens is 1210 g/mol. The highest BCUT2D eigenvalue weighted by molar-refractivity contribution is 9.10. The van der Waals surface area contributed by atoms with Gasteiger partial charge in [0.1, 0.15) is 52.1 Å². The summed E-state index contributed by atoms with van der Waals surface area (Å²) in [7, 11) is -2.69. The molecule has 4 bridgehead atoms. The molecule has 16 heteroatoms. The number of terminal acetylenes is 1. The minimum Gasteiger partial charge on any atom is -0.507 e. The third-order valence-corrected chi connectivity index (χ3v) is 16.0. The second-order valence-corrected chi connectivity index (χ2v) is 33.5. The molecule has 88 heavy (non-hydrogen) atoms. The van der Waals surface area contributed by atoms with E-state index < -0.39 is 16.1 Å². The number of phenols is 2. The molecular formula is C72H96BrNO12Si2. The van der Waals surface area contributed by atoms with Gasteiger partial charge in [0.25, 0.3) is 0 Å². The molecule has 2 heterocycles. The first-order chi connectivity index (χ1) is 42.5. The molecule has 8 rings (SSSR count). The summed E-state index contributed by atoms with van der Waals surface area (Å²) in [6, 6.07) is 47.5. The van der Waals surface area contributed by atoms with Gasteiger partial charge in [0.2, 0.25) is 0 Å². The average Bonchev–Trinajstić information content (AvgIpc) is 3.73. The van der Waals surface area contributed by atoms with E-state index in [4.69, 9.17) is 53.8 Å². The summed E-state index contributed by atoms with van der Waals surface area (Å²) >= 11 is 3.54. The van der Waals surface area contributed by atoms with Crippen LogP contribution in [-0.2, 0) is 73.8 Å². The van der Waals surface area contributed by atoms with Gasteiger partial charge in [-0.15, -0.1) is 17.5 Å². The Labute approximate surface area is 536 Å². The number of rotatable bonds is 7. The molecule has 2 aliphatic rings. The van der Waals surface area contributed by atoms with E-state index >= 15 is 0 Å². The summed E-state index contributed by atoms with van der Waals surface area (Å²) in [5.41, 5.74) is 13.8. The van der Waals surface area contributed by atoms with Crippen molar-refractivity contribution in [2.45, 2.75) is 111 Å². The van der Waals surface area contributed by atoms with Crippen LogP contribution in [-0.4, -0.2) is 130 Å². The summed E-state index contributed by atoms with van der Waals surface area (Å²) < 4.78 is 61.1. The molecule has 0 radical (unpaired) electrons. The Balaban J connectivity index is 0.000000268. The maximum atomic E-state index is 11.2. The highest BCUT2D eigenvalue weighted by atomic mass is 79.9. The molecule has 2 aliphatic heterocycles. The molecule has 0 aliphatic carbocycles. The lowest BCUT2D eigenvalue weighted by molar-refractivity contribution is -0.0646. The average molecular weight is 1300 g/mol. The van der Waals surface area contributed by atoms with Gasteiger partial charge in [0.15, 0.2) is 0 Å². The Morgan fingerprint density at radius 1 is 0.432 bits per heavy atom. The van der Waals surface area contributed by atoms with Gasteiger partial charge in [0.05, 0.1) is 106 Å². The molecule has 0 saturated heterocycles. The van der Waals surface area contributed by atoms with Crippen molar-refractivity contribution in [1.82, 2.24) is 4.90 Å². The lowest BCUT2D eigenvalue weighted by Gasteiger charge is -2.21. The van der Waals surface area contributed by atoms with E-state index in [0.717, 1.165) is 32.3 Å². The van der Waals surface area contributed by atoms with Crippen LogP contribution in [0.4, 0.5) is 0 Å². The smallest absolute Gasteiger partial charge is 0.129 e. The van der Waals surface area contributed by atoms with Crippen molar-refractivity contribution in [3.05, 3.63) is 200 Å². The van der Waals surface area contributed by atoms with Crippen LogP contribution in [0.15, 0.2) is 150 Å². The van der Waals surface area contributed by atoms with Crippen molar-refractivity contribution in [3.63, 3.8) is 0 Å². The van der Waals surface area contributed by atoms with Crippen LogP contribution in [0.25, 0.3) is 0 Å². The van der Waals surface area contributed by atoms with Gasteiger partial charge in [-0.2, -0.15) is 0 Å². The van der Waals surface area contributed by atoms with Crippen LogP contribution in [0.3, 0.4) is 0 Å². The number of ether oxygens (including phenoxy) is 10. The lowest BCUT2D eigenvalue weighted by Crippen LogP contribution is -2.21. The zero-order valence-corrected chi connectivity index (χ0v) is 57.1. The van der Waals surface area contributed by atoms with Crippen molar-refractivity contribution >= 4 is 32.1 Å². The Bertz CT molecular complexity index is 2800. The van der Waals surface area contributed by atoms with Crippen molar-refractivity contribution in [2.75, 3.05) is 98.9 Å².